The lowest BCUT2D eigenvalue weighted by Gasteiger charge is -2.30. The Hall–Kier alpha value is -4.07. The molecule has 1 saturated heterocycles. The second-order valence-corrected chi connectivity index (χ2v) is 12.6. The van der Waals surface area contributed by atoms with Crippen molar-refractivity contribution >= 4 is 63.8 Å². The molecule has 0 aliphatic carbocycles. The van der Waals surface area contributed by atoms with Gasteiger partial charge in [-0.2, -0.15) is 13.2 Å². The molecule has 0 radical (unpaired) electrons. The van der Waals surface area contributed by atoms with Crippen molar-refractivity contribution in [3.05, 3.63) is 103 Å². The zero-order valence-corrected chi connectivity index (χ0v) is 25.0. The Morgan fingerprint density at radius 3 is 2.36 bits per heavy atom. The van der Waals surface area contributed by atoms with Crippen LogP contribution in [0.4, 0.5) is 24.5 Å². The van der Waals surface area contributed by atoms with E-state index in [1.54, 1.807) is 48.5 Å². The van der Waals surface area contributed by atoms with E-state index in [1.807, 2.05) is 0 Å². The van der Waals surface area contributed by atoms with Crippen LogP contribution in [0.2, 0.25) is 5.02 Å². The Morgan fingerprint density at radius 2 is 1.70 bits per heavy atom. The highest BCUT2D eigenvalue weighted by Crippen LogP contribution is 2.54. The third-order valence-electron chi connectivity index (χ3n) is 7.38. The van der Waals surface area contributed by atoms with Gasteiger partial charge in [0.1, 0.15) is 17.5 Å². The third kappa shape index (κ3) is 5.39. The van der Waals surface area contributed by atoms with Gasteiger partial charge in [-0.05, 0) is 60.2 Å². The average molecular weight is 660 g/mol. The minimum atomic E-state index is -4.60. The monoisotopic (exact) mass is 659 g/mol. The van der Waals surface area contributed by atoms with Gasteiger partial charge >= 0.3 is 11.0 Å². The molecule has 3 heterocycles. The second-order valence-electron chi connectivity index (χ2n) is 10.1. The second kappa shape index (κ2) is 11.5. The van der Waals surface area contributed by atoms with Gasteiger partial charge in [0.05, 0.1) is 29.3 Å². The largest absolute Gasteiger partial charge is 0.497 e. The zero-order valence-electron chi connectivity index (χ0n) is 22.6. The van der Waals surface area contributed by atoms with Crippen LogP contribution < -0.4 is 19.8 Å². The van der Waals surface area contributed by atoms with Crippen LogP contribution in [0, 0.1) is 5.92 Å². The first-order chi connectivity index (χ1) is 21.0. The Labute approximate surface area is 261 Å². The summed E-state index contributed by atoms with van der Waals surface area (Å²) >= 11 is 8.02. The fourth-order valence-electron chi connectivity index (χ4n) is 5.39. The topological polar surface area (TPSA) is 97.7 Å². The lowest BCUT2D eigenvalue weighted by Crippen LogP contribution is -2.33. The number of carbonyl (C=O) groups excluding carboxylic acids is 3. The van der Waals surface area contributed by atoms with Gasteiger partial charge in [0, 0.05) is 21.5 Å². The predicted molar refractivity (Wildman–Crippen MR) is 161 cm³/mol. The average Bonchev–Trinajstić information content (AvgIpc) is 3.43. The SMILES string of the molecule is COc1ccc(N2C(=O)C3Sc4c(sc(=O)n4CC(=O)Nc4cccc(C(F)(F)F)c4)[C@H](c4ccc(Cl)cc4)C3C2=O)cc1. The van der Waals surface area contributed by atoms with Crippen LogP contribution >= 0.6 is 34.7 Å². The summed E-state index contributed by atoms with van der Waals surface area (Å²) in [7, 11) is 1.50. The van der Waals surface area contributed by atoms with Crippen LogP contribution in [0.15, 0.2) is 82.6 Å². The highest BCUT2D eigenvalue weighted by Gasteiger charge is 2.56. The van der Waals surface area contributed by atoms with Gasteiger partial charge in [0.25, 0.3) is 0 Å². The molecule has 0 bridgehead atoms. The summed E-state index contributed by atoms with van der Waals surface area (Å²) in [5.74, 6) is -2.64. The van der Waals surface area contributed by atoms with E-state index < -0.39 is 58.0 Å². The molecular formula is C30H21ClF3N3O5S2. The van der Waals surface area contributed by atoms with Gasteiger partial charge < -0.3 is 10.1 Å². The number of thiazole rings is 1. The predicted octanol–water partition coefficient (Wildman–Crippen LogP) is 6.03. The van der Waals surface area contributed by atoms with E-state index in [4.69, 9.17) is 16.3 Å². The maximum Gasteiger partial charge on any atom is 0.416 e. The molecule has 14 heteroatoms. The molecule has 2 unspecified atom stereocenters. The van der Waals surface area contributed by atoms with Gasteiger partial charge in [0.2, 0.25) is 17.7 Å². The van der Waals surface area contributed by atoms with Gasteiger partial charge in [0.15, 0.2) is 0 Å². The molecule has 2 aliphatic rings. The summed E-state index contributed by atoms with van der Waals surface area (Å²) in [6.45, 7) is -0.511. The standard InChI is InChI=1S/C30H21ClF3N3O5S2/c1-42-20-11-9-19(10-12-20)37-26(39)23-22(15-5-7-17(31)8-6-15)25-28(43-24(23)27(37)40)36(29(41)44-25)14-21(38)35-18-4-2-3-16(13-18)30(32,33)34/h2-13,22-24H,14H2,1H3,(H,35,38)/t22-,23?,24?/m1/s1. The number of nitrogens with one attached hydrogen (secondary N) is 1. The minimum Gasteiger partial charge on any atom is -0.497 e. The van der Waals surface area contributed by atoms with Crippen molar-refractivity contribution in [1.29, 1.82) is 0 Å². The number of hydrogen-bond acceptors (Lipinski definition) is 7. The van der Waals surface area contributed by atoms with E-state index in [0.29, 0.717) is 31.9 Å². The summed E-state index contributed by atoms with van der Waals surface area (Å²) in [5, 5.41) is 2.31. The van der Waals surface area contributed by atoms with Crippen LogP contribution in [0.1, 0.15) is 21.9 Å². The molecule has 8 nitrogen and oxygen atoms in total. The zero-order chi connectivity index (χ0) is 31.3. The van der Waals surface area contributed by atoms with Crippen molar-refractivity contribution < 1.29 is 32.3 Å². The van der Waals surface area contributed by atoms with Crippen LogP contribution in [-0.2, 0) is 27.1 Å². The van der Waals surface area contributed by atoms with E-state index in [1.165, 1.54) is 23.8 Å². The van der Waals surface area contributed by atoms with Crippen LogP contribution in [-0.4, -0.2) is 34.6 Å². The van der Waals surface area contributed by atoms with Crippen molar-refractivity contribution in [1.82, 2.24) is 4.57 Å². The summed E-state index contributed by atoms with van der Waals surface area (Å²) in [6, 6.07) is 17.4. The number of nitrogens with zero attached hydrogens (tertiary/aromatic N) is 2. The first-order valence-corrected chi connectivity index (χ1v) is 15.2. The number of benzene rings is 3. The highest BCUT2D eigenvalue weighted by atomic mass is 35.5. The van der Waals surface area contributed by atoms with Crippen molar-refractivity contribution in [2.24, 2.45) is 5.92 Å². The normalized spacial score (nSPS) is 19.5. The number of methoxy groups -OCH3 is 1. The fourth-order valence-corrected chi connectivity index (χ4v) is 8.29. The summed E-state index contributed by atoms with van der Waals surface area (Å²) < 4.78 is 45.9. The number of amides is 3. The number of imide groups is 1. The lowest BCUT2D eigenvalue weighted by atomic mass is 9.83. The minimum absolute atomic E-state index is 0.0829. The number of fused-ring (bicyclic) bond motifs is 2. The molecule has 1 fully saturated rings. The lowest BCUT2D eigenvalue weighted by molar-refractivity contribution is -0.137. The molecule has 44 heavy (non-hydrogen) atoms. The highest BCUT2D eigenvalue weighted by molar-refractivity contribution is 8.00. The van der Waals surface area contributed by atoms with E-state index in [9.17, 15) is 32.3 Å². The molecule has 1 aromatic heterocycles. The Morgan fingerprint density at radius 1 is 1.00 bits per heavy atom. The van der Waals surface area contributed by atoms with Crippen molar-refractivity contribution in [3.8, 4) is 5.75 Å². The number of carbonyl (C=O) groups is 3. The Kier molecular flexibility index (Phi) is 7.80. The number of hydrogen-bond donors (Lipinski definition) is 1. The smallest absolute Gasteiger partial charge is 0.416 e. The number of anilines is 2. The first-order valence-electron chi connectivity index (χ1n) is 13.1. The summed E-state index contributed by atoms with van der Waals surface area (Å²) in [4.78, 5) is 55.1. The van der Waals surface area contributed by atoms with Gasteiger partial charge in [-0.15, -0.1) is 0 Å². The summed E-state index contributed by atoms with van der Waals surface area (Å²) in [6.07, 6.45) is -4.60. The molecular weight excluding hydrogens is 639 g/mol. The first kappa shape index (κ1) is 30.0. The van der Waals surface area contributed by atoms with Crippen molar-refractivity contribution in [3.63, 3.8) is 0 Å². The third-order valence-corrected chi connectivity index (χ3v) is 10.2. The molecule has 4 aromatic rings. The molecule has 3 aromatic carbocycles. The molecule has 3 amide bonds. The van der Waals surface area contributed by atoms with Gasteiger partial charge in [-0.25, -0.2) is 4.90 Å². The Bertz CT molecular complexity index is 1840. The van der Waals surface area contributed by atoms with Crippen LogP contribution in [0.5, 0.6) is 5.75 Å². The van der Waals surface area contributed by atoms with E-state index in [-0.39, 0.29) is 5.69 Å². The molecule has 226 valence electrons. The number of rotatable bonds is 6. The van der Waals surface area contributed by atoms with E-state index in [0.717, 1.165) is 40.1 Å². The molecule has 1 N–H and O–H groups in total. The quantitative estimate of drug-likeness (QED) is 0.254. The molecule has 6 rings (SSSR count). The molecule has 0 saturated carbocycles. The number of alkyl halides is 3. The van der Waals surface area contributed by atoms with Crippen LogP contribution in [0.3, 0.4) is 0 Å². The van der Waals surface area contributed by atoms with Gasteiger partial charge in [-0.1, -0.05) is 52.9 Å². The number of thioether (sulfide) groups is 1. The number of aromatic nitrogens is 1. The summed E-state index contributed by atoms with van der Waals surface area (Å²) in [5.41, 5.74) is 0.0106. The maximum absolute atomic E-state index is 13.9. The number of ether oxygens (including phenoxy) is 1. The van der Waals surface area contributed by atoms with E-state index >= 15 is 0 Å². The fraction of sp³-hybridized carbons (Fsp3) is 0.200. The molecule has 3 atom stereocenters. The molecule has 0 spiro atoms. The van der Waals surface area contributed by atoms with Crippen molar-refractivity contribution in [2.45, 2.75) is 28.9 Å². The Balaban J connectivity index is 1.37. The van der Waals surface area contributed by atoms with E-state index in [2.05, 4.69) is 5.32 Å². The van der Waals surface area contributed by atoms with Crippen LogP contribution in [0.25, 0.3) is 0 Å². The van der Waals surface area contributed by atoms with Crippen molar-refractivity contribution in [2.75, 3.05) is 17.3 Å². The van der Waals surface area contributed by atoms with Gasteiger partial charge in [-0.3, -0.25) is 23.7 Å². The maximum atomic E-state index is 13.9. The number of halogens is 4. The molecule has 2 aliphatic heterocycles.